The molecule has 0 saturated carbocycles. The minimum atomic E-state index is -0.131. The molecular formula is C28H35N5O2. The third-order valence-corrected chi connectivity index (χ3v) is 7.39. The summed E-state index contributed by atoms with van der Waals surface area (Å²) in [7, 11) is 0. The zero-order valence-electron chi connectivity index (χ0n) is 20.6. The van der Waals surface area contributed by atoms with E-state index in [4.69, 9.17) is 0 Å². The molecule has 7 nitrogen and oxygen atoms in total. The summed E-state index contributed by atoms with van der Waals surface area (Å²) in [5.41, 5.74) is 4.76. The van der Waals surface area contributed by atoms with Crippen LogP contribution in [0.15, 0.2) is 60.2 Å². The van der Waals surface area contributed by atoms with Crippen molar-refractivity contribution in [2.24, 2.45) is 11.3 Å². The van der Waals surface area contributed by atoms with Gasteiger partial charge in [-0.05, 0) is 49.1 Å². The summed E-state index contributed by atoms with van der Waals surface area (Å²) in [5.74, 6) is 0.449. The molecule has 0 radical (unpaired) electrons. The number of Topliss-reactive ketones (excluding diaryl/α,β-unsaturated/α-hetero) is 1. The number of para-hydroxylation sites is 2. The van der Waals surface area contributed by atoms with Crippen molar-refractivity contribution in [3.63, 3.8) is 0 Å². The Labute approximate surface area is 207 Å². The lowest BCUT2D eigenvalue weighted by Crippen LogP contribution is -2.50. The van der Waals surface area contributed by atoms with Crippen LogP contribution in [0.4, 0.5) is 11.4 Å². The van der Waals surface area contributed by atoms with Gasteiger partial charge >= 0.3 is 0 Å². The number of H-pyrrole nitrogens is 1. The van der Waals surface area contributed by atoms with Crippen LogP contribution < -0.4 is 15.5 Å². The van der Waals surface area contributed by atoms with Crippen LogP contribution in [0, 0.1) is 11.3 Å². The summed E-state index contributed by atoms with van der Waals surface area (Å²) >= 11 is 0. The molecule has 2 aliphatic carbocycles. The van der Waals surface area contributed by atoms with Crippen molar-refractivity contribution in [2.75, 3.05) is 23.3 Å². The zero-order valence-corrected chi connectivity index (χ0v) is 20.6. The Morgan fingerprint density at radius 2 is 2.09 bits per heavy atom. The SMILES string of the molecule is CC1(C)CC(=O)C2=C(C1)Nc1ccccc1N(CC(=O)NCCc1cnc[nH]1)[C@@H]2[C@H]1CC=CCC1. The van der Waals surface area contributed by atoms with Crippen molar-refractivity contribution in [2.45, 2.75) is 58.4 Å². The van der Waals surface area contributed by atoms with Crippen molar-refractivity contribution in [1.29, 1.82) is 0 Å². The van der Waals surface area contributed by atoms with Crippen molar-refractivity contribution in [3.05, 3.63) is 65.9 Å². The molecule has 1 amide bonds. The molecule has 1 aromatic carbocycles. The molecule has 0 fully saturated rings. The fourth-order valence-corrected chi connectivity index (χ4v) is 5.83. The maximum absolute atomic E-state index is 13.7. The van der Waals surface area contributed by atoms with Gasteiger partial charge in [-0.25, -0.2) is 4.98 Å². The van der Waals surface area contributed by atoms with Gasteiger partial charge < -0.3 is 20.5 Å². The number of carbonyl (C=O) groups excluding carboxylic acids is 2. The molecule has 3 N–H and O–H groups in total. The van der Waals surface area contributed by atoms with Crippen molar-refractivity contribution in [3.8, 4) is 0 Å². The smallest absolute Gasteiger partial charge is 0.239 e. The van der Waals surface area contributed by atoms with E-state index in [1.807, 2.05) is 12.1 Å². The van der Waals surface area contributed by atoms with E-state index >= 15 is 0 Å². The normalized spacial score (nSPS) is 23.3. The van der Waals surface area contributed by atoms with E-state index in [1.54, 1.807) is 12.5 Å². The van der Waals surface area contributed by atoms with Gasteiger partial charge in [-0.2, -0.15) is 0 Å². The number of amides is 1. The molecule has 1 aromatic heterocycles. The molecule has 2 aromatic rings. The van der Waals surface area contributed by atoms with Gasteiger partial charge in [0.1, 0.15) is 0 Å². The molecule has 35 heavy (non-hydrogen) atoms. The number of imidazole rings is 1. The summed E-state index contributed by atoms with van der Waals surface area (Å²) < 4.78 is 0. The molecule has 0 bridgehead atoms. The molecule has 2 atom stereocenters. The predicted octanol–water partition coefficient (Wildman–Crippen LogP) is 4.37. The van der Waals surface area contributed by atoms with E-state index in [9.17, 15) is 9.59 Å². The van der Waals surface area contributed by atoms with Crippen LogP contribution in [0.1, 0.15) is 51.6 Å². The van der Waals surface area contributed by atoms with Gasteiger partial charge in [-0.1, -0.05) is 38.1 Å². The average Bonchev–Trinajstić information content (AvgIpc) is 3.30. The molecule has 3 aliphatic rings. The van der Waals surface area contributed by atoms with Crippen LogP contribution in [-0.4, -0.2) is 40.8 Å². The van der Waals surface area contributed by atoms with Crippen LogP contribution in [0.5, 0.6) is 0 Å². The maximum atomic E-state index is 13.7. The number of fused-ring (bicyclic) bond motifs is 1. The summed E-state index contributed by atoms with van der Waals surface area (Å²) in [6.07, 6.45) is 12.9. The summed E-state index contributed by atoms with van der Waals surface area (Å²) in [6.45, 7) is 5.07. The van der Waals surface area contributed by atoms with Crippen LogP contribution in [-0.2, 0) is 16.0 Å². The predicted molar refractivity (Wildman–Crippen MR) is 138 cm³/mol. The fraction of sp³-hybridized carbons (Fsp3) is 0.464. The molecule has 5 rings (SSSR count). The molecule has 2 heterocycles. The first-order valence-corrected chi connectivity index (χ1v) is 12.7. The van der Waals surface area contributed by atoms with Gasteiger partial charge in [-0.3, -0.25) is 9.59 Å². The number of carbonyl (C=O) groups is 2. The number of anilines is 2. The molecule has 0 unspecified atom stereocenters. The van der Waals surface area contributed by atoms with Crippen molar-refractivity contribution >= 4 is 23.1 Å². The quantitative estimate of drug-likeness (QED) is 0.542. The van der Waals surface area contributed by atoms with Gasteiger partial charge in [0.15, 0.2) is 5.78 Å². The highest BCUT2D eigenvalue weighted by Gasteiger charge is 2.43. The van der Waals surface area contributed by atoms with E-state index in [2.05, 4.69) is 63.6 Å². The van der Waals surface area contributed by atoms with Gasteiger partial charge in [0, 0.05) is 42.5 Å². The minimum Gasteiger partial charge on any atom is -0.357 e. The van der Waals surface area contributed by atoms with Crippen LogP contribution in [0.2, 0.25) is 0 Å². The number of rotatable bonds is 6. The van der Waals surface area contributed by atoms with Gasteiger partial charge in [0.25, 0.3) is 0 Å². The Balaban J connectivity index is 1.49. The highest BCUT2D eigenvalue weighted by molar-refractivity contribution is 6.01. The summed E-state index contributed by atoms with van der Waals surface area (Å²) in [4.78, 5) is 36.2. The number of ketones is 1. The van der Waals surface area contributed by atoms with E-state index < -0.39 is 0 Å². The molecule has 7 heteroatoms. The van der Waals surface area contributed by atoms with Gasteiger partial charge in [0.2, 0.25) is 5.91 Å². The highest BCUT2D eigenvalue weighted by Crippen LogP contribution is 2.46. The number of aromatic amines is 1. The number of hydrogen-bond acceptors (Lipinski definition) is 5. The van der Waals surface area contributed by atoms with Crippen molar-refractivity contribution in [1.82, 2.24) is 15.3 Å². The number of nitrogens with zero attached hydrogens (tertiary/aromatic N) is 2. The first-order chi connectivity index (χ1) is 16.9. The standard InChI is InChI=1S/C28H35N5O2/c1-28(2)14-22-26(24(34)15-28)27(19-8-4-3-5-9-19)33(23-11-7-6-10-21(23)32-22)17-25(35)30-13-12-20-16-29-18-31-20/h3-4,6-7,10-11,16,18-19,27,32H,5,8-9,12-15,17H2,1-2H3,(H,29,31)(H,30,35)/t19-,27+/m0/s1. The lowest BCUT2D eigenvalue weighted by atomic mass is 9.71. The number of allylic oxidation sites excluding steroid dienone is 3. The number of aromatic nitrogens is 2. The Morgan fingerprint density at radius 1 is 1.23 bits per heavy atom. The second-order valence-electron chi connectivity index (χ2n) is 10.8. The largest absolute Gasteiger partial charge is 0.357 e. The second-order valence-corrected chi connectivity index (χ2v) is 10.8. The van der Waals surface area contributed by atoms with E-state index in [-0.39, 0.29) is 35.6 Å². The summed E-state index contributed by atoms with van der Waals surface area (Å²) in [6, 6.07) is 8.01. The zero-order chi connectivity index (χ0) is 24.4. The molecular weight excluding hydrogens is 438 g/mol. The van der Waals surface area contributed by atoms with E-state index in [0.29, 0.717) is 19.4 Å². The van der Waals surface area contributed by atoms with Crippen LogP contribution in [0.3, 0.4) is 0 Å². The fourth-order valence-electron chi connectivity index (χ4n) is 5.83. The number of benzene rings is 1. The minimum absolute atomic E-state index is 0.0386. The second kappa shape index (κ2) is 9.72. The van der Waals surface area contributed by atoms with Crippen molar-refractivity contribution < 1.29 is 9.59 Å². The first kappa shape index (κ1) is 23.4. The van der Waals surface area contributed by atoms with Gasteiger partial charge in [-0.15, -0.1) is 0 Å². The summed E-state index contributed by atoms with van der Waals surface area (Å²) in [5, 5.41) is 6.71. The average molecular weight is 474 g/mol. The molecule has 184 valence electrons. The van der Waals surface area contributed by atoms with Crippen LogP contribution >= 0.6 is 0 Å². The lowest BCUT2D eigenvalue weighted by Gasteiger charge is -2.41. The number of hydrogen-bond donors (Lipinski definition) is 3. The third-order valence-electron chi connectivity index (χ3n) is 7.39. The number of nitrogens with one attached hydrogen (secondary N) is 3. The molecule has 0 spiro atoms. The molecule has 0 saturated heterocycles. The Hall–Kier alpha value is -3.35. The van der Waals surface area contributed by atoms with Gasteiger partial charge in [0.05, 0.1) is 30.3 Å². The Bertz CT molecular complexity index is 1150. The monoisotopic (exact) mass is 473 g/mol. The topological polar surface area (TPSA) is 90.1 Å². The Kier molecular flexibility index (Phi) is 6.50. The first-order valence-electron chi connectivity index (χ1n) is 12.7. The third kappa shape index (κ3) is 5.04. The molecule has 1 aliphatic heterocycles. The Morgan fingerprint density at radius 3 is 2.86 bits per heavy atom. The van der Waals surface area contributed by atoms with Crippen LogP contribution in [0.25, 0.3) is 0 Å². The van der Waals surface area contributed by atoms with E-state index in [0.717, 1.165) is 54.0 Å². The lowest BCUT2D eigenvalue weighted by molar-refractivity contribution is -0.120. The highest BCUT2D eigenvalue weighted by atomic mass is 16.2. The maximum Gasteiger partial charge on any atom is 0.239 e. The van der Waals surface area contributed by atoms with E-state index in [1.165, 1.54) is 0 Å².